The van der Waals surface area contributed by atoms with Crippen molar-refractivity contribution in [2.45, 2.75) is 38.8 Å². The van der Waals surface area contributed by atoms with Crippen LogP contribution in [0.2, 0.25) is 5.02 Å². The number of urea groups is 1. The van der Waals surface area contributed by atoms with Gasteiger partial charge in [-0.15, -0.1) is 0 Å². The van der Waals surface area contributed by atoms with Gasteiger partial charge in [0.2, 0.25) is 0 Å². The van der Waals surface area contributed by atoms with Crippen LogP contribution in [-0.4, -0.2) is 46.3 Å². The largest absolute Gasteiger partial charge is 0.338 e. The van der Waals surface area contributed by atoms with Gasteiger partial charge in [-0.05, 0) is 56.0 Å². The van der Waals surface area contributed by atoms with E-state index in [2.05, 4.69) is 5.32 Å². The Labute approximate surface area is 180 Å². The molecule has 1 spiro atoms. The number of hydrogen-bond acceptors (Lipinski definition) is 3. The summed E-state index contributed by atoms with van der Waals surface area (Å²) in [6.45, 7) is 4.94. The predicted molar refractivity (Wildman–Crippen MR) is 114 cm³/mol. The van der Waals surface area contributed by atoms with Crippen molar-refractivity contribution in [3.05, 3.63) is 69.7 Å². The third kappa shape index (κ3) is 3.67. The number of nitrogens with one attached hydrogen (secondary N) is 1. The molecule has 2 heterocycles. The lowest BCUT2D eigenvalue weighted by atomic mass is 9.87. The van der Waals surface area contributed by atoms with Gasteiger partial charge in [-0.2, -0.15) is 0 Å². The van der Waals surface area contributed by atoms with Gasteiger partial charge in [-0.1, -0.05) is 41.4 Å². The van der Waals surface area contributed by atoms with E-state index in [4.69, 9.17) is 11.6 Å². The summed E-state index contributed by atoms with van der Waals surface area (Å²) in [4.78, 5) is 41.7. The molecule has 0 aliphatic carbocycles. The van der Waals surface area contributed by atoms with Gasteiger partial charge in [0.15, 0.2) is 0 Å². The summed E-state index contributed by atoms with van der Waals surface area (Å²) < 4.78 is 0. The second-order valence-corrected chi connectivity index (χ2v) is 8.58. The standard InChI is InChI=1S/C23H24ClN3O3/c1-15-3-4-16(2)19(13-15)20(28)26-11-9-23(10-12-26)21(29)27(22(30)25-23)14-17-5-7-18(24)8-6-17/h3-8,13H,9-12,14H2,1-2H3,(H,25,30). The molecule has 7 heteroatoms. The van der Waals surface area contributed by atoms with Crippen LogP contribution >= 0.6 is 11.6 Å². The van der Waals surface area contributed by atoms with Crippen LogP contribution in [0.3, 0.4) is 0 Å². The van der Waals surface area contributed by atoms with Crippen LogP contribution in [0.4, 0.5) is 4.79 Å². The predicted octanol–water partition coefficient (Wildman–Crippen LogP) is 3.68. The molecule has 4 amide bonds. The van der Waals surface area contributed by atoms with Crippen LogP contribution in [-0.2, 0) is 11.3 Å². The van der Waals surface area contributed by atoms with Gasteiger partial charge in [-0.3, -0.25) is 14.5 Å². The van der Waals surface area contributed by atoms with Crippen molar-refractivity contribution in [3.63, 3.8) is 0 Å². The van der Waals surface area contributed by atoms with Crippen molar-refractivity contribution in [2.24, 2.45) is 0 Å². The highest BCUT2D eigenvalue weighted by Gasteiger charge is 2.52. The first-order valence-corrected chi connectivity index (χ1v) is 10.4. The minimum Gasteiger partial charge on any atom is -0.338 e. The minimum atomic E-state index is -0.929. The summed E-state index contributed by atoms with van der Waals surface area (Å²) >= 11 is 5.91. The number of carbonyl (C=O) groups excluding carboxylic acids is 3. The number of amides is 4. The Morgan fingerprint density at radius 1 is 1.07 bits per heavy atom. The summed E-state index contributed by atoms with van der Waals surface area (Å²) in [5, 5.41) is 3.50. The Hall–Kier alpha value is -2.86. The summed E-state index contributed by atoms with van der Waals surface area (Å²) in [5.41, 5.74) is 2.57. The third-order valence-corrected chi connectivity index (χ3v) is 6.28. The van der Waals surface area contributed by atoms with E-state index in [1.54, 1.807) is 29.2 Å². The third-order valence-electron chi connectivity index (χ3n) is 6.03. The number of benzene rings is 2. The molecule has 2 aliphatic rings. The van der Waals surface area contributed by atoms with Crippen molar-refractivity contribution < 1.29 is 14.4 Å². The fourth-order valence-corrected chi connectivity index (χ4v) is 4.29. The zero-order valence-corrected chi connectivity index (χ0v) is 17.8. The molecule has 2 aromatic rings. The van der Waals surface area contributed by atoms with Crippen LogP contribution in [0.5, 0.6) is 0 Å². The number of rotatable bonds is 3. The second-order valence-electron chi connectivity index (χ2n) is 8.14. The molecule has 0 radical (unpaired) electrons. The Bertz CT molecular complexity index is 1010. The first-order chi connectivity index (χ1) is 14.3. The first kappa shape index (κ1) is 20.4. The van der Waals surface area contributed by atoms with Gasteiger partial charge in [0.05, 0.1) is 6.54 Å². The Kier molecular flexibility index (Phi) is 5.28. The molecule has 0 unspecified atom stereocenters. The van der Waals surface area contributed by atoms with E-state index in [0.29, 0.717) is 36.5 Å². The molecule has 2 fully saturated rings. The fourth-order valence-electron chi connectivity index (χ4n) is 4.16. The molecular weight excluding hydrogens is 402 g/mol. The van der Waals surface area contributed by atoms with Crippen molar-refractivity contribution in [1.82, 2.24) is 15.1 Å². The topological polar surface area (TPSA) is 69.7 Å². The highest BCUT2D eigenvalue weighted by Crippen LogP contribution is 2.31. The van der Waals surface area contributed by atoms with Crippen LogP contribution < -0.4 is 5.32 Å². The Morgan fingerprint density at radius 2 is 1.73 bits per heavy atom. The number of likely N-dealkylation sites (tertiary alicyclic amines) is 1. The molecule has 2 aliphatic heterocycles. The summed E-state index contributed by atoms with van der Waals surface area (Å²) in [5.74, 6) is -0.248. The van der Waals surface area contributed by atoms with Crippen molar-refractivity contribution in [2.75, 3.05) is 13.1 Å². The Balaban J connectivity index is 1.45. The maximum absolute atomic E-state index is 13.1. The number of carbonyl (C=O) groups is 3. The molecule has 1 N–H and O–H groups in total. The normalized spacial score (nSPS) is 18.1. The first-order valence-electron chi connectivity index (χ1n) is 10.0. The minimum absolute atomic E-state index is 0.0270. The maximum Gasteiger partial charge on any atom is 0.325 e. The molecule has 6 nitrogen and oxygen atoms in total. The zero-order chi connectivity index (χ0) is 21.5. The Morgan fingerprint density at radius 3 is 2.40 bits per heavy atom. The van der Waals surface area contributed by atoms with Crippen molar-refractivity contribution in [1.29, 1.82) is 0 Å². The molecule has 0 saturated carbocycles. The van der Waals surface area contributed by atoms with E-state index >= 15 is 0 Å². The van der Waals surface area contributed by atoms with Crippen LogP contribution in [0.15, 0.2) is 42.5 Å². The molecule has 0 atom stereocenters. The maximum atomic E-state index is 13.1. The zero-order valence-electron chi connectivity index (χ0n) is 17.1. The van der Waals surface area contributed by atoms with Gasteiger partial charge in [0.1, 0.15) is 5.54 Å². The average molecular weight is 426 g/mol. The summed E-state index contributed by atoms with van der Waals surface area (Å²) in [6.07, 6.45) is 0.816. The molecule has 30 heavy (non-hydrogen) atoms. The molecule has 2 aromatic carbocycles. The smallest absolute Gasteiger partial charge is 0.325 e. The van der Waals surface area contributed by atoms with Crippen LogP contribution in [0, 0.1) is 13.8 Å². The number of piperidine rings is 1. The lowest BCUT2D eigenvalue weighted by Crippen LogP contribution is -2.55. The van der Waals surface area contributed by atoms with E-state index in [-0.39, 0.29) is 24.4 Å². The second kappa shape index (κ2) is 7.76. The highest BCUT2D eigenvalue weighted by molar-refractivity contribution is 6.30. The van der Waals surface area contributed by atoms with Crippen LogP contribution in [0.25, 0.3) is 0 Å². The molecular formula is C23H24ClN3O3. The number of aryl methyl sites for hydroxylation is 2. The monoisotopic (exact) mass is 425 g/mol. The van der Waals surface area contributed by atoms with Gasteiger partial charge < -0.3 is 10.2 Å². The molecule has 0 bridgehead atoms. The molecule has 4 rings (SSSR count). The van der Waals surface area contributed by atoms with E-state index in [1.165, 1.54) is 4.90 Å². The van der Waals surface area contributed by atoms with E-state index in [0.717, 1.165) is 16.7 Å². The van der Waals surface area contributed by atoms with Gasteiger partial charge in [0, 0.05) is 23.7 Å². The van der Waals surface area contributed by atoms with E-state index in [1.807, 2.05) is 32.0 Å². The number of nitrogens with zero attached hydrogens (tertiary/aromatic N) is 2. The highest BCUT2D eigenvalue weighted by atomic mass is 35.5. The van der Waals surface area contributed by atoms with E-state index < -0.39 is 5.54 Å². The molecule has 2 saturated heterocycles. The van der Waals surface area contributed by atoms with Crippen LogP contribution in [0.1, 0.15) is 39.9 Å². The lowest BCUT2D eigenvalue weighted by Gasteiger charge is -2.37. The van der Waals surface area contributed by atoms with Gasteiger partial charge in [0.25, 0.3) is 11.8 Å². The summed E-state index contributed by atoms with van der Waals surface area (Å²) in [7, 11) is 0. The lowest BCUT2D eigenvalue weighted by molar-refractivity contribution is -0.133. The summed E-state index contributed by atoms with van der Waals surface area (Å²) in [6, 6.07) is 12.5. The van der Waals surface area contributed by atoms with E-state index in [9.17, 15) is 14.4 Å². The number of imide groups is 1. The number of halogens is 1. The number of hydrogen-bond donors (Lipinski definition) is 1. The average Bonchev–Trinajstić information content (AvgIpc) is 2.95. The quantitative estimate of drug-likeness (QED) is 0.762. The van der Waals surface area contributed by atoms with Crippen molar-refractivity contribution >= 4 is 29.4 Å². The van der Waals surface area contributed by atoms with Gasteiger partial charge >= 0.3 is 6.03 Å². The molecule has 0 aromatic heterocycles. The SMILES string of the molecule is Cc1ccc(C)c(C(=O)N2CCC3(CC2)NC(=O)N(Cc2ccc(Cl)cc2)C3=O)c1. The van der Waals surface area contributed by atoms with Gasteiger partial charge in [-0.25, -0.2) is 4.79 Å². The molecule has 156 valence electrons. The van der Waals surface area contributed by atoms with Crippen molar-refractivity contribution in [3.8, 4) is 0 Å². The fraction of sp³-hybridized carbons (Fsp3) is 0.348.